The minimum absolute atomic E-state index is 0.0427. The van der Waals surface area contributed by atoms with E-state index < -0.39 is 0 Å². The lowest BCUT2D eigenvalue weighted by Crippen LogP contribution is -2.47. The minimum atomic E-state index is -0.0427. The lowest BCUT2D eigenvalue weighted by Gasteiger charge is -2.35. The van der Waals surface area contributed by atoms with Crippen molar-refractivity contribution in [2.75, 3.05) is 20.7 Å². The first-order valence-electron chi connectivity index (χ1n) is 7.68. The average molecular weight is 268 g/mol. The number of hydrogen-bond donors (Lipinski definition) is 1. The van der Waals surface area contributed by atoms with Gasteiger partial charge in [0.15, 0.2) is 0 Å². The lowest BCUT2D eigenvalue weighted by molar-refractivity contribution is -0.134. The second kappa shape index (κ2) is 6.71. The molecule has 1 aliphatic heterocycles. The van der Waals surface area contributed by atoms with Crippen LogP contribution in [0.2, 0.25) is 0 Å². The third-order valence-corrected chi connectivity index (χ3v) is 5.01. The van der Waals surface area contributed by atoms with Gasteiger partial charge in [0, 0.05) is 26.7 Å². The molecule has 2 unspecified atom stereocenters. The highest BCUT2D eigenvalue weighted by Gasteiger charge is 2.34. The summed E-state index contributed by atoms with van der Waals surface area (Å²) in [6, 6.07) is 0.401. The Morgan fingerprint density at radius 3 is 2.53 bits per heavy atom. The highest BCUT2D eigenvalue weighted by atomic mass is 16.5. The van der Waals surface area contributed by atoms with Gasteiger partial charge in [-0.1, -0.05) is 13.3 Å². The summed E-state index contributed by atoms with van der Waals surface area (Å²) < 4.78 is 5.31. The molecule has 2 aliphatic rings. The molecule has 0 bridgehead atoms. The van der Waals surface area contributed by atoms with Gasteiger partial charge >= 0.3 is 0 Å². The summed E-state index contributed by atoms with van der Waals surface area (Å²) in [5, 5.41) is 3.28. The molecule has 0 aromatic carbocycles. The van der Waals surface area contributed by atoms with Crippen LogP contribution in [0.1, 0.15) is 45.4 Å². The van der Waals surface area contributed by atoms with Gasteiger partial charge in [-0.3, -0.25) is 4.79 Å². The van der Waals surface area contributed by atoms with Gasteiger partial charge < -0.3 is 15.0 Å². The van der Waals surface area contributed by atoms with Crippen molar-refractivity contribution < 1.29 is 9.53 Å². The minimum Gasteiger partial charge on any atom is -0.380 e. The molecule has 2 atom stereocenters. The number of carbonyl (C=O) groups is 1. The predicted molar refractivity (Wildman–Crippen MR) is 76.0 cm³/mol. The Balaban J connectivity index is 1.83. The SMILES string of the molecule is CCC1CCC(N(C)C(=O)C2CC(OC)CN2)CC1. The number of amides is 1. The first-order chi connectivity index (χ1) is 9.15. The summed E-state index contributed by atoms with van der Waals surface area (Å²) in [7, 11) is 3.69. The molecule has 1 saturated heterocycles. The molecule has 1 aliphatic carbocycles. The molecule has 110 valence electrons. The Morgan fingerprint density at radius 1 is 1.32 bits per heavy atom. The Labute approximate surface area is 116 Å². The standard InChI is InChI=1S/C15H28N2O2/c1-4-11-5-7-12(8-6-11)17(2)15(18)14-9-13(19-3)10-16-14/h11-14,16H,4-10H2,1-3H3. The van der Waals surface area contributed by atoms with Gasteiger partial charge in [0.05, 0.1) is 12.1 Å². The summed E-state index contributed by atoms with van der Waals surface area (Å²) in [5.74, 6) is 1.13. The quantitative estimate of drug-likeness (QED) is 0.845. The maximum absolute atomic E-state index is 12.5. The summed E-state index contributed by atoms with van der Waals surface area (Å²) in [6.45, 7) is 3.07. The van der Waals surface area contributed by atoms with Crippen LogP contribution in [0.15, 0.2) is 0 Å². The number of hydrogen-bond acceptors (Lipinski definition) is 3. The summed E-state index contributed by atoms with van der Waals surface area (Å²) in [4.78, 5) is 14.5. The van der Waals surface area contributed by atoms with Crippen molar-refractivity contribution in [1.29, 1.82) is 0 Å². The fourth-order valence-corrected chi connectivity index (χ4v) is 3.44. The number of rotatable bonds is 4. The maximum Gasteiger partial charge on any atom is 0.239 e. The van der Waals surface area contributed by atoms with E-state index in [1.54, 1.807) is 7.11 Å². The van der Waals surface area contributed by atoms with Gasteiger partial charge in [0.1, 0.15) is 0 Å². The van der Waals surface area contributed by atoms with E-state index in [-0.39, 0.29) is 18.1 Å². The topological polar surface area (TPSA) is 41.6 Å². The van der Waals surface area contributed by atoms with E-state index >= 15 is 0 Å². The van der Waals surface area contributed by atoms with Crippen LogP contribution in [0.3, 0.4) is 0 Å². The van der Waals surface area contributed by atoms with Crippen LogP contribution in [0.5, 0.6) is 0 Å². The van der Waals surface area contributed by atoms with Crippen molar-refractivity contribution in [3.8, 4) is 0 Å². The van der Waals surface area contributed by atoms with E-state index in [0.717, 1.165) is 18.9 Å². The maximum atomic E-state index is 12.5. The van der Waals surface area contributed by atoms with Crippen LogP contribution < -0.4 is 5.32 Å². The second-order valence-corrected chi connectivity index (χ2v) is 6.09. The Hall–Kier alpha value is -0.610. The molecule has 4 heteroatoms. The molecule has 0 aromatic heterocycles. The highest BCUT2D eigenvalue weighted by molar-refractivity contribution is 5.82. The van der Waals surface area contributed by atoms with Gasteiger partial charge in [-0.25, -0.2) is 0 Å². The van der Waals surface area contributed by atoms with Gasteiger partial charge in [0.2, 0.25) is 5.91 Å². The predicted octanol–water partition coefficient (Wildman–Crippen LogP) is 1.79. The fraction of sp³-hybridized carbons (Fsp3) is 0.933. The summed E-state index contributed by atoms with van der Waals surface area (Å²) in [6.07, 6.45) is 7.17. The van der Waals surface area contributed by atoms with Gasteiger partial charge in [0.25, 0.3) is 0 Å². The normalized spacial score (nSPS) is 35.3. The third kappa shape index (κ3) is 3.48. The molecule has 0 spiro atoms. The first kappa shape index (κ1) is 14.8. The zero-order valence-corrected chi connectivity index (χ0v) is 12.5. The Kier molecular flexibility index (Phi) is 5.22. The largest absolute Gasteiger partial charge is 0.380 e. The van der Waals surface area contributed by atoms with E-state index in [2.05, 4.69) is 12.2 Å². The molecule has 0 aromatic rings. The second-order valence-electron chi connectivity index (χ2n) is 6.09. The van der Waals surface area contributed by atoms with E-state index in [9.17, 15) is 4.79 Å². The van der Waals surface area contributed by atoms with Crippen LogP contribution in [0.25, 0.3) is 0 Å². The van der Waals surface area contributed by atoms with Crippen molar-refractivity contribution >= 4 is 5.91 Å². The van der Waals surface area contributed by atoms with Crippen molar-refractivity contribution in [2.24, 2.45) is 5.92 Å². The molecule has 4 nitrogen and oxygen atoms in total. The molecular weight excluding hydrogens is 240 g/mol. The van der Waals surface area contributed by atoms with Crippen LogP contribution in [0.4, 0.5) is 0 Å². The Bertz CT molecular complexity index is 301. The first-order valence-corrected chi connectivity index (χ1v) is 7.68. The van der Waals surface area contributed by atoms with Crippen molar-refractivity contribution in [3.05, 3.63) is 0 Å². The summed E-state index contributed by atoms with van der Waals surface area (Å²) >= 11 is 0. The molecule has 2 rings (SSSR count). The molecule has 1 amide bonds. The number of likely N-dealkylation sites (N-methyl/N-ethyl adjacent to an activating group) is 1. The molecule has 0 radical (unpaired) electrons. The van der Waals surface area contributed by atoms with Gasteiger partial charge in [-0.05, 0) is 38.0 Å². The molecular formula is C15H28N2O2. The van der Waals surface area contributed by atoms with Crippen LogP contribution >= 0.6 is 0 Å². The number of nitrogens with one attached hydrogen (secondary N) is 1. The van der Waals surface area contributed by atoms with E-state index in [1.165, 1.54) is 32.1 Å². The number of nitrogens with zero attached hydrogens (tertiary/aromatic N) is 1. The van der Waals surface area contributed by atoms with E-state index in [4.69, 9.17) is 4.74 Å². The third-order valence-electron chi connectivity index (χ3n) is 5.01. The van der Waals surface area contributed by atoms with E-state index in [1.807, 2.05) is 11.9 Å². The van der Waals surface area contributed by atoms with Gasteiger partial charge in [-0.15, -0.1) is 0 Å². The fourth-order valence-electron chi connectivity index (χ4n) is 3.44. The molecule has 1 N–H and O–H groups in total. The van der Waals surface area contributed by atoms with Crippen molar-refractivity contribution in [1.82, 2.24) is 10.2 Å². The van der Waals surface area contributed by atoms with Crippen molar-refractivity contribution in [3.63, 3.8) is 0 Å². The number of methoxy groups -OCH3 is 1. The molecule has 1 saturated carbocycles. The average Bonchev–Trinajstić information content (AvgIpc) is 2.94. The summed E-state index contributed by atoms with van der Waals surface area (Å²) in [5.41, 5.74) is 0. The zero-order valence-electron chi connectivity index (χ0n) is 12.5. The van der Waals surface area contributed by atoms with Gasteiger partial charge in [-0.2, -0.15) is 0 Å². The van der Waals surface area contributed by atoms with Crippen LogP contribution in [0, 0.1) is 5.92 Å². The van der Waals surface area contributed by atoms with E-state index in [0.29, 0.717) is 6.04 Å². The highest BCUT2D eigenvalue weighted by Crippen LogP contribution is 2.29. The lowest BCUT2D eigenvalue weighted by atomic mass is 9.84. The zero-order chi connectivity index (χ0) is 13.8. The number of carbonyl (C=O) groups excluding carboxylic acids is 1. The molecule has 2 fully saturated rings. The van der Waals surface area contributed by atoms with Crippen LogP contribution in [-0.4, -0.2) is 49.7 Å². The smallest absolute Gasteiger partial charge is 0.239 e. The van der Waals surface area contributed by atoms with Crippen molar-refractivity contribution in [2.45, 2.75) is 63.6 Å². The van der Waals surface area contributed by atoms with Crippen LogP contribution in [-0.2, 0) is 9.53 Å². The molecule has 19 heavy (non-hydrogen) atoms. The Morgan fingerprint density at radius 2 is 2.00 bits per heavy atom. The molecule has 1 heterocycles. The monoisotopic (exact) mass is 268 g/mol. The number of ether oxygens (including phenoxy) is 1.